The molecule has 0 radical (unpaired) electrons. The number of carbonyl (C=O) groups is 1. The highest BCUT2D eigenvalue weighted by atomic mass is 32.1. The smallest absolute Gasteiger partial charge is 0.263 e. The maximum absolute atomic E-state index is 12.5. The molecule has 1 atom stereocenters. The molecule has 1 spiro atoms. The van der Waals surface area contributed by atoms with Gasteiger partial charge in [-0.15, -0.1) is 11.3 Å². The maximum Gasteiger partial charge on any atom is 0.263 e. The van der Waals surface area contributed by atoms with Crippen LogP contribution < -0.4 is 0 Å². The first-order chi connectivity index (χ1) is 12.2. The van der Waals surface area contributed by atoms with Crippen LogP contribution in [0.15, 0.2) is 42.0 Å². The molecule has 132 valence electrons. The number of nitrogens with zero attached hydrogens (tertiary/aromatic N) is 2. The van der Waals surface area contributed by atoms with Crippen LogP contribution in [-0.2, 0) is 16.1 Å². The molecule has 2 aromatic rings. The Morgan fingerprint density at radius 1 is 1.36 bits per heavy atom. The van der Waals surface area contributed by atoms with Crippen molar-refractivity contribution in [1.82, 2.24) is 9.88 Å². The van der Waals surface area contributed by atoms with E-state index in [1.54, 1.807) is 6.20 Å². The van der Waals surface area contributed by atoms with Gasteiger partial charge in [0.25, 0.3) is 5.91 Å². The van der Waals surface area contributed by atoms with Gasteiger partial charge in [0.15, 0.2) is 0 Å². The number of pyridine rings is 1. The van der Waals surface area contributed by atoms with Crippen molar-refractivity contribution in [2.75, 3.05) is 19.7 Å². The van der Waals surface area contributed by atoms with Gasteiger partial charge in [0.2, 0.25) is 0 Å². The molecule has 2 saturated heterocycles. The van der Waals surface area contributed by atoms with Crippen molar-refractivity contribution in [2.45, 2.75) is 37.6 Å². The summed E-state index contributed by atoms with van der Waals surface area (Å²) in [6, 6.07) is 7.76. The van der Waals surface area contributed by atoms with Crippen molar-refractivity contribution in [3.05, 3.63) is 52.5 Å². The predicted octanol–water partition coefficient (Wildman–Crippen LogP) is 3.12. The van der Waals surface area contributed by atoms with Crippen LogP contribution in [0.5, 0.6) is 0 Å². The second-order valence-electron chi connectivity index (χ2n) is 6.76. The molecule has 2 aliphatic heterocycles. The zero-order valence-electron chi connectivity index (χ0n) is 14.1. The standard InChI is InChI=1S/C19H22N2O3S/c22-18(17-4-2-10-25-17)21-8-5-19(6-9-21)11-16(14-24-19)23-13-15-3-1-7-20-12-15/h1-4,7,10,12,16H,5-6,8-9,11,13-14H2/t16-/m1/s1. The van der Waals surface area contributed by atoms with E-state index < -0.39 is 0 Å². The number of aromatic nitrogens is 1. The molecule has 2 aromatic heterocycles. The lowest BCUT2D eigenvalue weighted by Crippen LogP contribution is -2.46. The normalized spacial score (nSPS) is 22.4. The Labute approximate surface area is 151 Å². The van der Waals surface area contributed by atoms with E-state index in [-0.39, 0.29) is 17.6 Å². The highest BCUT2D eigenvalue weighted by Crippen LogP contribution is 2.37. The molecule has 4 rings (SSSR count). The number of likely N-dealkylation sites (tertiary alicyclic amines) is 1. The van der Waals surface area contributed by atoms with Crippen LogP contribution in [0.3, 0.4) is 0 Å². The summed E-state index contributed by atoms with van der Waals surface area (Å²) in [6.45, 7) is 2.72. The van der Waals surface area contributed by atoms with Crippen molar-refractivity contribution >= 4 is 17.2 Å². The first kappa shape index (κ1) is 16.7. The Balaban J connectivity index is 1.28. The van der Waals surface area contributed by atoms with Gasteiger partial charge in [0, 0.05) is 31.9 Å². The van der Waals surface area contributed by atoms with Gasteiger partial charge in [0.05, 0.1) is 29.8 Å². The Morgan fingerprint density at radius 3 is 2.96 bits per heavy atom. The van der Waals surface area contributed by atoms with Gasteiger partial charge in [-0.1, -0.05) is 12.1 Å². The molecule has 0 aliphatic carbocycles. The summed E-state index contributed by atoms with van der Waals surface area (Å²) in [4.78, 5) is 19.3. The fourth-order valence-electron chi connectivity index (χ4n) is 3.63. The third kappa shape index (κ3) is 3.76. The van der Waals surface area contributed by atoms with Crippen LogP contribution >= 0.6 is 11.3 Å². The molecule has 0 bridgehead atoms. The van der Waals surface area contributed by atoms with Crippen LogP contribution in [0.1, 0.15) is 34.5 Å². The van der Waals surface area contributed by atoms with Gasteiger partial charge in [-0.25, -0.2) is 0 Å². The fourth-order valence-corrected chi connectivity index (χ4v) is 4.32. The number of piperidine rings is 1. The molecular formula is C19H22N2O3S. The van der Waals surface area contributed by atoms with Crippen molar-refractivity contribution in [2.24, 2.45) is 0 Å². The molecule has 6 heteroatoms. The summed E-state index contributed by atoms with van der Waals surface area (Å²) in [6.07, 6.45) is 6.41. The van der Waals surface area contributed by atoms with E-state index in [1.807, 2.05) is 40.7 Å². The largest absolute Gasteiger partial charge is 0.372 e. The van der Waals surface area contributed by atoms with Crippen LogP contribution in [0.4, 0.5) is 0 Å². The van der Waals surface area contributed by atoms with Crippen LogP contribution in [-0.4, -0.2) is 47.2 Å². The minimum atomic E-state index is -0.119. The van der Waals surface area contributed by atoms with Crippen LogP contribution in [0, 0.1) is 0 Å². The highest BCUT2D eigenvalue weighted by molar-refractivity contribution is 7.12. The van der Waals surface area contributed by atoms with Gasteiger partial charge in [0.1, 0.15) is 0 Å². The summed E-state index contributed by atoms with van der Waals surface area (Å²) in [7, 11) is 0. The van der Waals surface area contributed by atoms with Gasteiger partial charge < -0.3 is 14.4 Å². The number of amides is 1. The Hall–Kier alpha value is -1.76. The molecule has 2 aliphatic rings. The first-order valence-corrected chi connectivity index (χ1v) is 9.59. The SMILES string of the molecule is O=C(c1cccs1)N1CCC2(CC1)C[C@@H](OCc1cccnc1)CO2. The van der Waals surface area contributed by atoms with Crippen LogP contribution in [0.2, 0.25) is 0 Å². The third-order valence-corrected chi connectivity index (χ3v) is 5.94. The predicted molar refractivity (Wildman–Crippen MR) is 95.6 cm³/mol. The number of hydrogen-bond donors (Lipinski definition) is 0. The number of rotatable bonds is 4. The van der Waals surface area contributed by atoms with E-state index in [0.29, 0.717) is 13.2 Å². The van der Waals surface area contributed by atoms with Crippen molar-refractivity contribution < 1.29 is 14.3 Å². The van der Waals surface area contributed by atoms with E-state index >= 15 is 0 Å². The zero-order valence-corrected chi connectivity index (χ0v) is 14.9. The second kappa shape index (κ2) is 7.23. The molecule has 0 unspecified atom stereocenters. The van der Waals surface area contributed by atoms with E-state index in [9.17, 15) is 4.79 Å². The second-order valence-corrected chi connectivity index (χ2v) is 7.71. The van der Waals surface area contributed by atoms with Crippen molar-refractivity contribution in [1.29, 1.82) is 0 Å². The third-order valence-electron chi connectivity index (χ3n) is 5.08. The first-order valence-electron chi connectivity index (χ1n) is 8.71. The van der Waals surface area contributed by atoms with Gasteiger partial charge in [-0.3, -0.25) is 9.78 Å². The Kier molecular flexibility index (Phi) is 4.83. The molecule has 4 heterocycles. The minimum Gasteiger partial charge on any atom is -0.372 e. The van der Waals surface area contributed by atoms with E-state index in [1.165, 1.54) is 11.3 Å². The molecule has 2 fully saturated rings. The lowest BCUT2D eigenvalue weighted by molar-refractivity contribution is -0.0411. The topological polar surface area (TPSA) is 51.7 Å². The monoisotopic (exact) mass is 358 g/mol. The van der Waals surface area contributed by atoms with E-state index in [0.717, 1.165) is 42.8 Å². The number of carbonyl (C=O) groups excluding carboxylic acids is 1. The van der Waals surface area contributed by atoms with E-state index in [4.69, 9.17) is 9.47 Å². The minimum absolute atomic E-state index is 0.119. The fraction of sp³-hybridized carbons (Fsp3) is 0.474. The molecular weight excluding hydrogens is 336 g/mol. The molecule has 0 saturated carbocycles. The average Bonchev–Trinajstić information content (AvgIpc) is 3.32. The quantitative estimate of drug-likeness (QED) is 0.843. The van der Waals surface area contributed by atoms with Gasteiger partial charge in [-0.2, -0.15) is 0 Å². The number of thiophene rings is 1. The molecule has 25 heavy (non-hydrogen) atoms. The summed E-state index contributed by atoms with van der Waals surface area (Å²) in [5.41, 5.74) is 0.964. The van der Waals surface area contributed by atoms with E-state index in [2.05, 4.69) is 4.98 Å². The Bertz CT molecular complexity index is 697. The summed E-state index contributed by atoms with van der Waals surface area (Å²) in [5, 5.41) is 1.95. The van der Waals surface area contributed by atoms with Gasteiger partial charge in [-0.05, 0) is 35.9 Å². The lowest BCUT2D eigenvalue weighted by Gasteiger charge is -2.38. The summed E-state index contributed by atoms with van der Waals surface area (Å²) in [5.74, 6) is 0.146. The summed E-state index contributed by atoms with van der Waals surface area (Å²) < 4.78 is 12.1. The van der Waals surface area contributed by atoms with Crippen molar-refractivity contribution in [3.63, 3.8) is 0 Å². The summed E-state index contributed by atoms with van der Waals surface area (Å²) >= 11 is 1.51. The molecule has 1 amide bonds. The maximum atomic E-state index is 12.5. The molecule has 0 N–H and O–H groups in total. The lowest BCUT2D eigenvalue weighted by atomic mass is 9.88. The van der Waals surface area contributed by atoms with Crippen molar-refractivity contribution in [3.8, 4) is 0 Å². The highest BCUT2D eigenvalue weighted by Gasteiger charge is 2.44. The molecule has 0 aromatic carbocycles. The van der Waals surface area contributed by atoms with Crippen LogP contribution in [0.25, 0.3) is 0 Å². The number of hydrogen-bond acceptors (Lipinski definition) is 5. The Morgan fingerprint density at radius 2 is 2.24 bits per heavy atom. The number of ether oxygens (including phenoxy) is 2. The molecule has 5 nitrogen and oxygen atoms in total. The van der Waals surface area contributed by atoms with Gasteiger partial charge >= 0.3 is 0 Å². The average molecular weight is 358 g/mol. The zero-order chi connectivity index (χ0) is 17.1.